The molecule has 2 N–H and O–H groups in total. The maximum atomic E-state index is 12.1. The molecule has 0 radical (unpaired) electrons. The van der Waals surface area contributed by atoms with Gasteiger partial charge in [0.15, 0.2) is 0 Å². The van der Waals surface area contributed by atoms with Crippen molar-refractivity contribution in [1.82, 2.24) is 15.1 Å². The van der Waals surface area contributed by atoms with Crippen molar-refractivity contribution < 1.29 is 9.90 Å². The molecular formula is C15H24ClN3O2. The summed E-state index contributed by atoms with van der Waals surface area (Å²) in [5, 5.41) is 18.1. The number of rotatable bonds is 4. The molecule has 2 rings (SSSR count). The molecule has 0 unspecified atom stereocenters. The van der Waals surface area contributed by atoms with Crippen LogP contribution in [0.3, 0.4) is 0 Å². The predicted molar refractivity (Wildman–Crippen MR) is 82.3 cm³/mol. The zero-order chi connectivity index (χ0) is 15.5. The maximum Gasteiger partial charge on any atom is 0.224 e. The van der Waals surface area contributed by atoms with Gasteiger partial charge in [-0.05, 0) is 19.8 Å². The van der Waals surface area contributed by atoms with Crippen molar-refractivity contribution in [1.29, 1.82) is 0 Å². The SMILES string of the molecule is Cc1nn(C)c(Cl)c1CC(=O)NCC1(O)CCCCCC1. The van der Waals surface area contributed by atoms with Gasteiger partial charge in [0.25, 0.3) is 0 Å². The topological polar surface area (TPSA) is 67.2 Å². The van der Waals surface area contributed by atoms with Crippen LogP contribution in [0.1, 0.15) is 49.8 Å². The first-order valence-electron chi connectivity index (χ1n) is 7.58. The molecule has 1 heterocycles. The molecular weight excluding hydrogens is 290 g/mol. The van der Waals surface area contributed by atoms with E-state index in [-0.39, 0.29) is 12.3 Å². The number of aliphatic hydroxyl groups is 1. The molecule has 21 heavy (non-hydrogen) atoms. The second kappa shape index (κ2) is 6.79. The Morgan fingerprint density at radius 3 is 2.52 bits per heavy atom. The summed E-state index contributed by atoms with van der Waals surface area (Å²) in [6, 6.07) is 0. The molecule has 0 aromatic carbocycles. The average molecular weight is 314 g/mol. The number of aryl methyl sites for hydroxylation is 2. The van der Waals surface area contributed by atoms with E-state index in [0.29, 0.717) is 11.7 Å². The van der Waals surface area contributed by atoms with Gasteiger partial charge in [-0.25, -0.2) is 0 Å². The van der Waals surface area contributed by atoms with E-state index in [4.69, 9.17) is 11.6 Å². The zero-order valence-corrected chi connectivity index (χ0v) is 13.5. The first kappa shape index (κ1) is 16.3. The lowest BCUT2D eigenvalue weighted by Gasteiger charge is -2.26. The summed E-state index contributed by atoms with van der Waals surface area (Å²) >= 11 is 6.13. The normalized spacial score (nSPS) is 18.3. The third-order valence-corrected chi connectivity index (χ3v) is 4.73. The van der Waals surface area contributed by atoms with E-state index < -0.39 is 5.60 Å². The lowest BCUT2D eigenvalue weighted by Crippen LogP contribution is -2.43. The summed E-state index contributed by atoms with van der Waals surface area (Å²) in [5.74, 6) is -0.120. The van der Waals surface area contributed by atoms with Crippen molar-refractivity contribution in [3.05, 3.63) is 16.4 Å². The first-order valence-corrected chi connectivity index (χ1v) is 7.96. The lowest BCUT2D eigenvalue weighted by molar-refractivity contribution is -0.121. The Bertz CT molecular complexity index is 505. The van der Waals surface area contributed by atoms with E-state index in [1.807, 2.05) is 6.92 Å². The fraction of sp³-hybridized carbons (Fsp3) is 0.733. The molecule has 0 saturated heterocycles. The summed E-state index contributed by atoms with van der Waals surface area (Å²) in [6.45, 7) is 2.16. The lowest BCUT2D eigenvalue weighted by atomic mass is 9.94. The molecule has 6 heteroatoms. The van der Waals surface area contributed by atoms with E-state index in [9.17, 15) is 9.90 Å². The van der Waals surface area contributed by atoms with Gasteiger partial charge < -0.3 is 10.4 Å². The number of carbonyl (C=O) groups excluding carboxylic acids is 1. The van der Waals surface area contributed by atoms with Crippen LogP contribution in [-0.4, -0.2) is 32.9 Å². The predicted octanol–water partition coefficient (Wildman–Crippen LogP) is 2.13. The van der Waals surface area contributed by atoms with Crippen molar-refractivity contribution in [3.63, 3.8) is 0 Å². The minimum absolute atomic E-state index is 0.120. The highest BCUT2D eigenvalue weighted by Gasteiger charge is 2.28. The van der Waals surface area contributed by atoms with Crippen LogP contribution in [0.4, 0.5) is 0 Å². The molecule has 1 fully saturated rings. The molecule has 1 aromatic heterocycles. The second-order valence-corrected chi connectivity index (χ2v) is 6.43. The van der Waals surface area contributed by atoms with Crippen molar-refractivity contribution in [2.24, 2.45) is 7.05 Å². The van der Waals surface area contributed by atoms with Crippen LogP contribution in [0.2, 0.25) is 5.15 Å². The minimum Gasteiger partial charge on any atom is -0.388 e. The Kier molecular flexibility index (Phi) is 5.27. The highest BCUT2D eigenvalue weighted by Crippen LogP contribution is 2.26. The van der Waals surface area contributed by atoms with Gasteiger partial charge in [0.1, 0.15) is 5.15 Å². The quantitative estimate of drug-likeness (QED) is 0.837. The third kappa shape index (κ3) is 4.20. The van der Waals surface area contributed by atoms with Crippen LogP contribution in [0.15, 0.2) is 0 Å². The Balaban J connectivity index is 1.90. The van der Waals surface area contributed by atoms with Crippen LogP contribution < -0.4 is 5.32 Å². The molecule has 118 valence electrons. The molecule has 1 aliphatic rings. The first-order chi connectivity index (χ1) is 9.91. The molecule has 1 amide bonds. The number of hydrogen-bond donors (Lipinski definition) is 2. The Morgan fingerprint density at radius 2 is 2.00 bits per heavy atom. The Hall–Kier alpha value is -1.07. The number of hydrogen-bond acceptors (Lipinski definition) is 3. The molecule has 5 nitrogen and oxygen atoms in total. The van der Waals surface area contributed by atoms with E-state index >= 15 is 0 Å². The molecule has 1 saturated carbocycles. The van der Waals surface area contributed by atoms with Crippen LogP contribution >= 0.6 is 11.6 Å². The van der Waals surface area contributed by atoms with E-state index in [0.717, 1.165) is 36.9 Å². The Labute approximate surface area is 130 Å². The summed E-state index contributed by atoms with van der Waals surface area (Å²) in [6.07, 6.45) is 6.12. The molecule has 0 bridgehead atoms. The number of halogens is 1. The van der Waals surface area contributed by atoms with Crippen molar-refractivity contribution in [2.45, 2.75) is 57.5 Å². The minimum atomic E-state index is -0.750. The van der Waals surface area contributed by atoms with Gasteiger partial charge in [0, 0.05) is 19.2 Å². The number of nitrogens with one attached hydrogen (secondary N) is 1. The zero-order valence-electron chi connectivity index (χ0n) is 12.8. The molecule has 1 aromatic rings. The van der Waals surface area contributed by atoms with Crippen molar-refractivity contribution in [3.8, 4) is 0 Å². The van der Waals surface area contributed by atoms with Gasteiger partial charge in [0.05, 0.1) is 17.7 Å². The van der Waals surface area contributed by atoms with E-state index in [1.54, 1.807) is 11.7 Å². The third-order valence-electron chi connectivity index (χ3n) is 4.26. The van der Waals surface area contributed by atoms with Gasteiger partial charge in [-0.3, -0.25) is 9.48 Å². The van der Waals surface area contributed by atoms with Crippen molar-refractivity contribution in [2.75, 3.05) is 6.54 Å². The van der Waals surface area contributed by atoms with Gasteiger partial charge in [0.2, 0.25) is 5.91 Å². The largest absolute Gasteiger partial charge is 0.388 e. The average Bonchev–Trinajstić information content (AvgIpc) is 2.62. The van der Waals surface area contributed by atoms with Gasteiger partial charge in [-0.1, -0.05) is 37.3 Å². The number of amides is 1. The molecule has 0 spiro atoms. The summed E-state index contributed by atoms with van der Waals surface area (Å²) in [7, 11) is 1.75. The molecule has 0 atom stereocenters. The highest BCUT2D eigenvalue weighted by atomic mass is 35.5. The van der Waals surface area contributed by atoms with Crippen LogP contribution in [0, 0.1) is 6.92 Å². The number of nitrogens with zero attached hydrogens (tertiary/aromatic N) is 2. The van der Waals surface area contributed by atoms with Gasteiger partial charge in [-0.15, -0.1) is 0 Å². The second-order valence-electron chi connectivity index (χ2n) is 6.07. The Morgan fingerprint density at radius 1 is 1.38 bits per heavy atom. The smallest absolute Gasteiger partial charge is 0.224 e. The molecule has 1 aliphatic carbocycles. The van der Waals surface area contributed by atoms with Crippen LogP contribution in [0.25, 0.3) is 0 Å². The molecule has 0 aliphatic heterocycles. The van der Waals surface area contributed by atoms with Crippen LogP contribution in [0.5, 0.6) is 0 Å². The summed E-state index contributed by atoms with van der Waals surface area (Å²) in [4.78, 5) is 12.1. The monoisotopic (exact) mass is 313 g/mol. The fourth-order valence-corrected chi connectivity index (χ4v) is 3.17. The van der Waals surface area contributed by atoms with Crippen LogP contribution in [-0.2, 0) is 18.3 Å². The van der Waals surface area contributed by atoms with Crippen molar-refractivity contribution >= 4 is 17.5 Å². The highest BCUT2D eigenvalue weighted by molar-refractivity contribution is 6.30. The fourth-order valence-electron chi connectivity index (χ4n) is 2.92. The van der Waals surface area contributed by atoms with Gasteiger partial charge in [-0.2, -0.15) is 5.10 Å². The summed E-state index contributed by atoms with van der Waals surface area (Å²) in [5.41, 5.74) is 0.773. The maximum absolute atomic E-state index is 12.1. The number of aromatic nitrogens is 2. The van der Waals surface area contributed by atoms with E-state index in [1.165, 1.54) is 12.8 Å². The number of carbonyl (C=O) groups is 1. The summed E-state index contributed by atoms with van der Waals surface area (Å²) < 4.78 is 1.57. The van der Waals surface area contributed by atoms with Gasteiger partial charge >= 0.3 is 0 Å². The standard InChI is InChI=1S/C15H24ClN3O2/c1-11-12(14(16)19(2)18-11)9-13(20)17-10-15(21)7-5-3-4-6-8-15/h21H,3-10H2,1-2H3,(H,17,20). The van der Waals surface area contributed by atoms with E-state index in [2.05, 4.69) is 10.4 Å².